The van der Waals surface area contributed by atoms with Gasteiger partial charge in [-0.05, 0) is 45.6 Å². The van der Waals surface area contributed by atoms with E-state index in [1.165, 1.54) is 36.0 Å². The first-order valence-corrected chi connectivity index (χ1v) is 7.37. The maximum absolute atomic E-state index is 2.31. The minimum atomic E-state index is 1.20. The van der Waals surface area contributed by atoms with Crippen LogP contribution in [0.25, 0.3) is 0 Å². The van der Waals surface area contributed by atoms with Crippen molar-refractivity contribution in [2.45, 2.75) is 67.7 Å². The van der Waals surface area contributed by atoms with Gasteiger partial charge in [0.1, 0.15) is 0 Å². The van der Waals surface area contributed by atoms with Crippen molar-refractivity contribution in [3.8, 4) is 0 Å². The number of unbranched alkanes of at least 4 members (excludes halogenated alkanes) is 1. The number of hydrogen-bond donors (Lipinski definition) is 0. The van der Waals surface area contributed by atoms with Crippen LogP contribution in [-0.4, -0.2) is 0 Å². The Balaban J connectivity index is 0. The largest absolute Gasteiger partial charge is 0.0859 e. The number of allylic oxidation sites excluding steroid dienone is 2. The first-order chi connectivity index (χ1) is 8.68. The van der Waals surface area contributed by atoms with Crippen molar-refractivity contribution in [2.75, 3.05) is 0 Å². The molecule has 1 rings (SSSR count). The van der Waals surface area contributed by atoms with Gasteiger partial charge in [0.05, 0.1) is 0 Å². The van der Waals surface area contributed by atoms with Gasteiger partial charge in [-0.2, -0.15) is 0 Å². The van der Waals surface area contributed by atoms with E-state index < -0.39 is 0 Å². The lowest BCUT2D eigenvalue weighted by Crippen LogP contribution is -1.84. The number of aryl methyl sites for hydroxylation is 2. The summed E-state index contributed by atoms with van der Waals surface area (Å²) in [5, 5.41) is 0. The quantitative estimate of drug-likeness (QED) is 0.431. The van der Waals surface area contributed by atoms with E-state index in [9.17, 15) is 0 Å². The molecule has 18 heavy (non-hydrogen) atoms. The third-order valence-electron chi connectivity index (χ3n) is 2.34. The minimum Gasteiger partial charge on any atom is -0.0859 e. The second kappa shape index (κ2) is 14.0. The predicted octanol–water partition coefficient (Wildman–Crippen LogP) is 6.34. The van der Waals surface area contributed by atoms with Gasteiger partial charge in [0, 0.05) is 0 Å². The lowest BCUT2D eigenvalue weighted by atomic mass is 10.1. The average molecular weight is 248 g/mol. The molecule has 0 atom stereocenters. The summed E-state index contributed by atoms with van der Waals surface area (Å²) in [5.41, 5.74) is 4.23. The fraction of sp³-hybridized carbons (Fsp3) is 0.556. The van der Waals surface area contributed by atoms with Crippen LogP contribution in [0.2, 0.25) is 0 Å². The Morgan fingerprint density at radius 1 is 0.944 bits per heavy atom. The molecule has 104 valence electrons. The highest BCUT2D eigenvalue weighted by Gasteiger charge is 1.91. The van der Waals surface area contributed by atoms with Crippen molar-refractivity contribution < 1.29 is 0 Å². The Kier molecular flexibility index (Phi) is 15.0. The van der Waals surface area contributed by atoms with Crippen LogP contribution in [-0.2, 0) is 6.42 Å². The number of hydrogen-bond acceptors (Lipinski definition) is 0. The second-order valence-electron chi connectivity index (χ2n) is 4.16. The fourth-order valence-corrected chi connectivity index (χ4v) is 1.45. The van der Waals surface area contributed by atoms with Crippen LogP contribution in [0.5, 0.6) is 0 Å². The zero-order valence-electron chi connectivity index (χ0n) is 13.5. The van der Waals surface area contributed by atoms with Crippen molar-refractivity contribution in [3.05, 3.63) is 47.0 Å². The van der Waals surface area contributed by atoms with Crippen LogP contribution < -0.4 is 0 Å². The van der Waals surface area contributed by atoms with Crippen molar-refractivity contribution in [1.82, 2.24) is 0 Å². The number of benzene rings is 1. The van der Waals surface area contributed by atoms with Crippen LogP contribution in [0, 0.1) is 6.92 Å². The van der Waals surface area contributed by atoms with E-state index >= 15 is 0 Å². The van der Waals surface area contributed by atoms with Gasteiger partial charge in [-0.25, -0.2) is 0 Å². The lowest BCUT2D eigenvalue weighted by molar-refractivity contribution is 0.838. The lowest BCUT2D eigenvalue weighted by Gasteiger charge is -2.00. The molecule has 0 heterocycles. The van der Waals surface area contributed by atoms with Crippen molar-refractivity contribution in [3.63, 3.8) is 0 Å². The standard InChI is InChI=1S/C14H20.2C2H6/c1-12(2)6-4-5-7-14-10-8-13(3)9-11-14;2*1-2/h6,8-11H,4-5,7H2,1-3H3;2*1-2H3. The smallest absolute Gasteiger partial charge is 0.0276 e. The molecule has 0 saturated carbocycles. The van der Waals surface area contributed by atoms with Crippen LogP contribution in [0.15, 0.2) is 35.9 Å². The highest BCUT2D eigenvalue weighted by atomic mass is 14.0. The van der Waals surface area contributed by atoms with Crippen LogP contribution in [0.1, 0.15) is 65.5 Å². The molecule has 0 aliphatic heterocycles. The van der Waals surface area contributed by atoms with Gasteiger partial charge in [0.25, 0.3) is 0 Å². The summed E-state index contributed by atoms with van der Waals surface area (Å²) in [4.78, 5) is 0. The Hall–Kier alpha value is -1.04. The van der Waals surface area contributed by atoms with Gasteiger partial charge in [0.15, 0.2) is 0 Å². The van der Waals surface area contributed by atoms with E-state index in [0.29, 0.717) is 0 Å². The zero-order valence-corrected chi connectivity index (χ0v) is 13.5. The molecule has 0 spiro atoms. The van der Waals surface area contributed by atoms with E-state index in [0.717, 1.165) is 0 Å². The molecule has 0 N–H and O–H groups in total. The van der Waals surface area contributed by atoms with Crippen LogP contribution >= 0.6 is 0 Å². The summed E-state index contributed by atoms with van der Waals surface area (Å²) in [7, 11) is 0. The average Bonchev–Trinajstić information content (AvgIpc) is 2.41. The van der Waals surface area contributed by atoms with Crippen molar-refractivity contribution in [2.24, 2.45) is 0 Å². The molecule has 0 heteroatoms. The van der Waals surface area contributed by atoms with Crippen molar-refractivity contribution in [1.29, 1.82) is 0 Å². The molecule has 0 fully saturated rings. The molecule has 0 aliphatic carbocycles. The second-order valence-corrected chi connectivity index (χ2v) is 4.16. The molecule has 1 aromatic carbocycles. The molecule has 1 aromatic rings. The Labute approximate surface area is 115 Å². The minimum absolute atomic E-state index is 1.20. The van der Waals surface area contributed by atoms with E-state index in [1.807, 2.05) is 27.7 Å². The summed E-state index contributed by atoms with van der Waals surface area (Å²) >= 11 is 0. The maximum Gasteiger partial charge on any atom is -0.0276 e. The van der Waals surface area contributed by atoms with Crippen LogP contribution in [0.4, 0.5) is 0 Å². The monoisotopic (exact) mass is 248 g/mol. The van der Waals surface area contributed by atoms with E-state index in [1.54, 1.807) is 0 Å². The zero-order chi connectivity index (χ0) is 14.4. The van der Waals surface area contributed by atoms with Crippen LogP contribution in [0.3, 0.4) is 0 Å². The normalized spacial score (nSPS) is 8.39. The van der Waals surface area contributed by atoms with E-state index in [4.69, 9.17) is 0 Å². The molecule has 0 radical (unpaired) electrons. The van der Waals surface area contributed by atoms with Gasteiger partial charge in [-0.15, -0.1) is 0 Å². The van der Waals surface area contributed by atoms with Gasteiger partial charge in [-0.3, -0.25) is 0 Å². The van der Waals surface area contributed by atoms with Gasteiger partial charge < -0.3 is 0 Å². The molecule has 0 nitrogen and oxygen atoms in total. The third-order valence-corrected chi connectivity index (χ3v) is 2.34. The van der Waals surface area contributed by atoms with Gasteiger partial charge in [-0.1, -0.05) is 69.2 Å². The van der Waals surface area contributed by atoms with Gasteiger partial charge >= 0.3 is 0 Å². The summed E-state index contributed by atoms with van der Waals surface area (Å²) in [5.74, 6) is 0. The van der Waals surface area contributed by atoms with Gasteiger partial charge in [0.2, 0.25) is 0 Å². The molecular formula is C18H32. The van der Waals surface area contributed by atoms with E-state index in [2.05, 4.69) is 51.1 Å². The summed E-state index contributed by atoms with van der Waals surface area (Å²) in [6.45, 7) is 14.4. The Morgan fingerprint density at radius 2 is 1.44 bits per heavy atom. The summed E-state index contributed by atoms with van der Waals surface area (Å²) in [6, 6.07) is 8.85. The molecule has 0 bridgehead atoms. The maximum atomic E-state index is 2.31. The third kappa shape index (κ3) is 11.4. The molecule has 0 aliphatic rings. The SMILES string of the molecule is CC.CC.CC(C)=CCCCc1ccc(C)cc1. The topological polar surface area (TPSA) is 0 Å². The molecular weight excluding hydrogens is 216 g/mol. The molecule has 0 saturated heterocycles. The molecule has 0 amide bonds. The summed E-state index contributed by atoms with van der Waals surface area (Å²) in [6.07, 6.45) is 5.97. The number of rotatable bonds is 4. The first kappa shape index (κ1) is 19.3. The molecule has 0 unspecified atom stereocenters. The molecule has 0 aromatic heterocycles. The Morgan fingerprint density at radius 3 is 1.89 bits per heavy atom. The first-order valence-electron chi connectivity index (χ1n) is 7.37. The predicted molar refractivity (Wildman–Crippen MR) is 86.2 cm³/mol. The highest BCUT2D eigenvalue weighted by molar-refractivity contribution is 5.21. The fourth-order valence-electron chi connectivity index (χ4n) is 1.45. The Bertz CT molecular complexity index is 286. The highest BCUT2D eigenvalue weighted by Crippen LogP contribution is 2.08. The summed E-state index contributed by atoms with van der Waals surface area (Å²) < 4.78 is 0. The van der Waals surface area contributed by atoms with E-state index in [-0.39, 0.29) is 0 Å². The van der Waals surface area contributed by atoms with Crippen molar-refractivity contribution >= 4 is 0 Å².